The summed E-state index contributed by atoms with van der Waals surface area (Å²) in [5, 5.41) is 11.9. The van der Waals surface area contributed by atoms with E-state index in [1.807, 2.05) is 0 Å². The first-order valence-electron chi connectivity index (χ1n) is 6.24. The molecule has 19 heavy (non-hydrogen) atoms. The van der Waals surface area contributed by atoms with Gasteiger partial charge in [-0.25, -0.2) is 4.39 Å². The smallest absolute Gasteiger partial charge is 0.311 e. The SMILES string of the molecule is CC1(C(=O)O)CCCC1NC(=O)c1ccccc1F. The van der Waals surface area contributed by atoms with E-state index >= 15 is 0 Å². The van der Waals surface area contributed by atoms with E-state index in [0.29, 0.717) is 12.8 Å². The average molecular weight is 265 g/mol. The molecule has 0 aliphatic heterocycles. The van der Waals surface area contributed by atoms with E-state index in [2.05, 4.69) is 5.32 Å². The van der Waals surface area contributed by atoms with Gasteiger partial charge in [-0.05, 0) is 31.9 Å². The second-order valence-electron chi connectivity index (χ2n) is 5.12. The van der Waals surface area contributed by atoms with Gasteiger partial charge in [0.05, 0.1) is 11.0 Å². The minimum Gasteiger partial charge on any atom is -0.481 e. The van der Waals surface area contributed by atoms with Crippen LogP contribution in [0.2, 0.25) is 0 Å². The predicted molar refractivity (Wildman–Crippen MR) is 67.2 cm³/mol. The highest BCUT2D eigenvalue weighted by molar-refractivity contribution is 5.95. The molecule has 5 heteroatoms. The van der Waals surface area contributed by atoms with Gasteiger partial charge in [-0.2, -0.15) is 0 Å². The Hall–Kier alpha value is -1.91. The average Bonchev–Trinajstić information content (AvgIpc) is 2.73. The Morgan fingerprint density at radius 2 is 2.11 bits per heavy atom. The molecule has 1 aliphatic carbocycles. The fraction of sp³-hybridized carbons (Fsp3) is 0.429. The molecule has 2 atom stereocenters. The highest BCUT2D eigenvalue weighted by Gasteiger charge is 2.46. The van der Waals surface area contributed by atoms with Gasteiger partial charge in [-0.1, -0.05) is 18.6 Å². The van der Waals surface area contributed by atoms with Crippen molar-refractivity contribution in [1.82, 2.24) is 5.32 Å². The topological polar surface area (TPSA) is 66.4 Å². The number of amides is 1. The molecule has 0 aromatic heterocycles. The number of nitrogens with one attached hydrogen (secondary N) is 1. The number of carboxylic acids is 1. The summed E-state index contributed by atoms with van der Waals surface area (Å²) >= 11 is 0. The van der Waals surface area contributed by atoms with Gasteiger partial charge >= 0.3 is 5.97 Å². The Labute approximate surface area is 110 Å². The maximum atomic E-state index is 13.5. The summed E-state index contributed by atoms with van der Waals surface area (Å²) < 4.78 is 13.5. The fourth-order valence-electron chi connectivity index (χ4n) is 2.53. The van der Waals surface area contributed by atoms with E-state index in [9.17, 15) is 19.1 Å². The molecule has 1 aliphatic rings. The number of carbonyl (C=O) groups excluding carboxylic acids is 1. The molecule has 2 unspecified atom stereocenters. The molecule has 1 fully saturated rings. The van der Waals surface area contributed by atoms with Crippen molar-refractivity contribution in [3.63, 3.8) is 0 Å². The number of hydrogen-bond donors (Lipinski definition) is 2. The third-order valence-corrected chi connectivity index (χ3v) is 3.87. The number of halogens is 1. The second-order valence-corrected chi connectivity index (χ2v) is 5.12. The van der Waals surface area contributed by atoms with Gasteiger partial charge in [0.1, 0.15) is 5.82 Å². The Balaban J connectivity index is 2.16. The number of carboxylic acid groups (broad SMARTS) is 1. The fourth-order valence-corrected chi connectivity index (χ4v) is 2.53. The lowest BCUT2D eigenvalue weighted by molar-refractivity contribution is -0.148. The van der Waals surface area contributed by atoms with E-state index < -0.39 is 29.2 Å². The van der Waals surface area contributed by atoms with Crippen LogP contribution in [0.1, 0.15) is 36.5 Å². The van der Waals surface area contributed by atoms with Crippen molar-refractivity contribution in [2.45, 2.75) is 32.2 Å². The quantitative estimate of drug-likeness (QED) is 0.880. The molecule has 102 valence electrons. The van der Waals surface area contributed by atoms with Gasteiger partial charge in [0.25, 0.3) is 5.91 Å². The van der Waals surface area contributed by atoms with Crippen LogP contribution < -0.4 is 5.32 Å². The molecule has 0 bridgehead atoms. The summed E-state index contributed by atoms with van der Waals surface area (Å²) in [6, 6.07) is 5.21. The Morgan fingerprint density at radius 3 is 2.74 bits per heavy atom. The van der Waals surface area contributed by atoms with Crippen LogP contribution in [0.5, 0.6) is 0 Å². The molecule has 1 saturated carbocycles. The number of rotatable bonds is 3. The van der Waals surface area contributed by atoms with E-state index in [1.54, 1.807) is 13.0 Å². The first-order valence-corrected chi connectivity index (χ1v) is 6.24. The van der Waals surface area contributed by atoms with Crippen molar-refractivity contribution in [3.8, 4) is 0 Å². The van der Waals surface area contributed by atoms with Gasteiger partial charge in [-0.3, -0.25) is 9.59 Å². The molecule has 4 nitrogen and oxygen atoms in total. The minimum absolute atomic E-state index is 0.0536. The van der Waals surface area contributed by atoms with Crippen molar-refractivity contribution in [3.05, 3.63) is 35.6 Å². The lowest BCUT2D eigenvalue weighted by atomic mass is 9.85. The zero-order valence-electron chi connectivity index (χ0n) is 10.6. The molecule has 0 radical (unpaired) electrons. The largest absolute Gasteiger partial charge is 0.481 e. The van der Waals surface area contributed by atoms with Crippen molar-refractivity contribution in [1.29, 1.82) is 0 Å². The van der Waals surface area contributed by atoms with Crippen molar-refractivity contribution in [2.75, 3.05) is 0 Å². The first-order chi connectivity index (χ1) is 8.95. The molecule has 2 rings (SSSR count). The van der Waals surface area contributed by atoms with Crippen LogP contribution in [-0.4, -0.2) is 23.0 Å². The summed E-state index contributed by atoms with van der Waals surface area (Å²) in [5.74, 6) is -2.09. The minimum atomic E-state index is -0.971. The normalized spacial score (nSPS) is 26.1. The summed E-state index contributed by atoms with van der Waals surface area (Å²) in [6.45, 7) is 1.62. The number of hydrogen-bond acceptors (Lipinski definition) is 2. The lowest BCUT2D eigenvalue weighted by Gasteiger charge is -2.27. The van der Waals surface area contributed by atoms with Crippen LogP contribution in [0, 0.1) is 11.2 Å². The molecule has 1 aromatic rings. The van der Waals surface area contributed by atoms with Gasteiger partial charge in [0.15, 0.2) is 0 Å². The predicted octanol–water partition coefficient (Wildman–Crippen LogP) is 2.20. The Kier molecular flexibility index (Phi) is 3.55. The van der Waals surface area contributed by atoms with E-state index in [-0.39, 0.29) is 5.56 Å². The number of carbonyl (C=O) groups is 2. The van der Waals surface area contributed by atoms with Crippen LogP contribution in [0.15, 0.2) is 24.3 Å². The second kappa shape index (κ2) is 4.99. The zero-order valence-corrected chi connectivity index (χ0v) is 10.6. The molecule has 0 spiro atoms. The van der Waals surface area contributed by atoms with E-state index in [1.165, 1.54) is 18.2 Å². The number of aliphatic carboxylic acids is 1. The maximum Gasteiger partial charge on any atom is 0.311 e. The van der Waals surface area contributed by atoms with Crippen LogP contribution in [0.25, 0.3) is 0 Å². The van der Waals surface area contributed by atoms with Gasteiger partial charge in [0.2, 0.25) is 0 Å². The Morgan fingerprint density at radius 1 is 1.42 bits per heavy atom. The van der Waals surface area contributed by atoms with E-state index in [0.717, 1.165) is 6.42 Å². The summed E-state index contributed by atoms with van der Waals surface area (Å²) in [6.07, 6.45) is 1.86. The summed E-state index contributed by atoms with van der Waals surface area (Å²) in [4.78, 5) is 23.3. The van der Waals surface area contributed by atoms with Crippen molar-refractivity contribution >= 4 is 11.9 Å². The highest BCUT2D eigenvalue weighted by Crippen LogP contribution is 2.38. The third kappa shape index (κ3) is 2.45. The lowest BCUT2D eigenvalue weighted by Crippen LogP contribution is -2.47. The molecule has 1 aromatic carbocycles. The number of benzene rings is 1. The molecular weight excluding hydrogens is 249 g/mol. The molecular formula is C14H16FNO3. The Bertz CT molecular complexity index is 517. The van der Waals surface area contributed by atoms with E-state index in [4.69, 9.17) is 0 Å². The zero-order chi connectivity index (χ0) is 14.0. The molecule has 1 amide bonds. The highest BCUT2D eigenvalue weighted by atomic mass is 19.1. The van der Waals surface area contributed by atoms with Crippen LogP contribution in [-0.2, 0) is 4.79 Å². The molecule has 0 saturated heterocycles. The molecule has 0 heterocycles. The molecule has 2 N–H and O–H groups in total. The first kappa shape index (κ1) is 13.5. The van der Waals surface area contributed by atoms with Gasteiger partial charge < -0.3 is 10.4 Å². The van der Waals surface area contributed by atoms with Crippen LogP contribution in [0.3, 0.4) is 0 Å². The van der Waals surface area contributed by atoms with Crippen molar-refractivity contribution in [2.24, 2.45) is 5.41 Å². The standard InChI is InChI=1S/C14H16FNO3/c1-14(13(18)19)8-4-7-11(14)16-12(17)9-5-2-3-6-10(9)15/h2-3,5-6,11H,4,7-8H2,1H3,(H,16,17)(H,18,19). The summed E-state index contributed by atoms with van der Waals surface area (Å²) in [7, 11) is 0. The van der Waals surface area contributed by atoms with Crippen LogP contribution >= 0.6 is 0 Å². The maximum absolute atomic E-state index is 13.5. The van der Waals surface area contributed by atoms with Crippen LogP contribution in [0.4, 0.5) is 4.39 Å². The van der Waals surface area contributed by atoms with Crippen molar-refractivity contribution < 1.29 is 19.1 Å². The monoisotopic (exact) mass is 265 g/mol. The van der Waals surface area contributed by atoms with Gasteiger partial charge in [0, 0.05) is 6.04 Å². The summed E-state index contributed by atoms with van der Waals surface area (Å²) in [5.41, 5.74) is -1.02. The third-order valence-electron chi connectivity index (χ3n) is 3.87. The van der Waals surface area contributed by atoms with Gasteiger partial charge in [-0.15, -0.1) is 0 Å².